The first kappa shape index (κ1) is 19.4. The third-order valence-electron chi connectivity index (χ3n) is 5.79. The lowest BCUT2D eigenvalue weighted by Crippen LogP contribution is -2.45. The number of piperazine rings is 1. The molecule has 2 aliphatic rings. The van der Waals surface area contributed by atoms with Gasteiger partial charge in [0.1, 0.15) is 11.4 Å². The van der Waals surface area contributed by atoms with E-state index in [-0.39, 0.29) is 0 Å². The molecule has 0 radical (unpaired) electrons. The van der Waals surface area contributed by atoms with Gasteiger partial charge in [-0.3, -0.25) is 9.89 Å². The van der Waals surface area contributed by atoms with Crippen molar-refractivity contribution in [3.05, 3.63) is 53.3 Å². The Hall–Kier alpha value is -2.61. The van der Waals surface area contributed by atoms with Crippen LogP contribution in [-0.4, -0.2) is 75.3 Å². The first-order valence-electron chi connectivity index (χ1n) is 10.3. The highest BCUT2D eigenvalue weighted by atomic mass is 35.5. The molecule has 2 aromatic heterocycles. The van der Waals surface area contributed by atoms with E-state index in [0.29, 0.717) is 10.7 Å². The van der Waals surface area contributed by atoms with Crippen molar-refractivity contribution in [1.82, 2.24) is 29.8 Å². The summed E-state index contributed by atoms with van der Waals surface area (Å²) in [6.45, 7) is 6.01. The predicted molar refractivity (Wildman–Crippen MR) is 120 cm³/mol. The largest absolute Gasteiger partial charge is 0.304 e. The van der Waals surface area contributed by atoms with Gasteiger partial charge in [-0.1, -0.05) is 48.0 Å². The van der Waals surface area contributed by atoms with Gasteiger partial charge in [-0.25, -0.2) is 4.68 Å². The normalized spacial score (nSPS) is 17.7. The van der Waals surface area contributed by atoms with E-state index in [2.05, 4.69) is 32.0 Å². The summed E-state index contributed by atoms with van der Waals surface area (Å²) < 4.78 is 1.94. The van der Waals surface area contributed by atoms with Crippen LogP contribution in [-0.2, 0) is 6.54 Å². The molecular formula is C22H24ClN7. The molecule has 0 bridgehead atoms. The smallest absolute Gasteiger partial charge is 0.182 e. The number of hydrogen-bond acceptors (Lipinski definition) is 6. The lowest BCUT2D eigenvalue weighted by atomic mass is 10.1. The van der Waals surface area contributed by atoms with Crippen LogP contribution in [0.1, 0.15) is 12.1 Å². The van der Waals surface area contributed by atoms with Crippen molar-refractivity contribution in [2.75, 3.05) is 39.8 Å². The van der Waals surface area contributed by atoms with E-state index in [0.717, 1.165) is 73.7 Å². The summed E-state index contributed by atoms with van der Waals surface area (Å²) in [5.74, 6) is 0. The van der Waals surface area contributed by atoms with Gasteiger partial charge in [-0.15, -0.1) is 10.2 Å². The lowest BCUT2D eigenvalue weighted by molar-refractivity contribution is 0.149. The first-order valence-corrected chi connectivity index (χ1v) is 10.7. The molecule has 0 saturated carbocycles. The van der Waals surface area contributed by atoms with E-state index in [1.54, 1.807) is 0 Å². The molecule has 0 spiro atoms. The van der Waals surface area contributed by atoms with Crippen LogP contribution in [0.25, 0.3) is 22.3 Å². The van der Waals surface area contributed by atoms with E-state index < -0.39 is 0 Å². The molecule has 0 amide bonds. The molecule has 1 aromatic carbocycles. The zero-order valence-electron chi connectivity index (χ0n) is 17.0. The number of halogens is 1. The number of fused-ring (bicyclic) bond motifs is 1. The maximum atomic E-state index is 6.89. The van der Waals surface area contributed by atoms with Crippen molar-refractivity contribution in [2.24, 2.45) is 4.99 Å². The Kier molecular flexibility index (Phi) is 5.33. The second kappa shape index (κ2) is 8.26. The van der Waals surface area contributed by atoms with E-state index in [1.807, 2.05) is 47.3 Å². The van der Waals surface area contributed by atoms with Crippen molar-refractivity contribution in [2.45, 2.75) is 13.0 Å². The number of benzene rings is 1. The van der Waals surface area contributed by atoms with Gasteiger partial charge in [-0.2, -0.15) is 5.10 Å². The van der Waals surface area contributed by atoms with E-state index in [1.165, 1.54) is 0 Å². The number of nitrogens with zero attached hydrogens (tertiary/aromatic N) is 7. The van der Waals surface area contributed by atoms with Crippen LogP contribution >= 0.6 is 11.6 Å². The Bertz CT molecular complexity index is 1110. The third-order valence-corrected chi connectivity index (χ3v) is 6.16. The fraction of sp³-hybridized carbons (Fsp3) is 0.364. The number of aliphatic imine (C=N–C) groups is 1. The standard InChI is InChI=1S/C22H24ClN7/c1-28-10-12-29(13-11-28)14-15-30-22-18(21(27-30)17-8-5-9-24-17)19(23)20(25-26-22)16-6-3-2-4-7-16/h2-7,9H,8,10-15H2,1H3. The Balaban J connectivity index is 1.53. The minimum absolute atomic E-state index is 0.585. The molecule has 5 rings (SSSR count). The zero-order valence-corrected chi connectivity index (χ0v) is 17.8. The fourth-order valence-corrected chi connectivity index (χ4v) is 4.30. The molecule has 4 heterocycles. The highest BCUT2D eigenvalue weighted by molar-refractivity contribution is 6.39. The summed E-state index contributed by atoms with van der Waals surface area (Å²) in [4.78, 5) is 9.34. The number of aromatic nitrogens is 4. The summed E-state index contributed by atoms with van der Waals surface area (Å²) >= 11 is 6.89. The number of likely N-dealkylation sites (N-methyl/N-ethyl adjacent to an activating group) is 1. The average Bonchev–Trinajstić information content (AvgIpc) is 3.43. The molecule has 0 unspecified atom stereocenters. The summed E-state index contributed by atoms with van der Waals surface area (Å²) in [7, 11) is 2.17. The van der Waals surface area contributed by atoms with Crippen LogP contribution in [0.4, 0.5) is 0 Å². The van der Waals surface area contributed by atoms with Crippen molar-refractivity contribution < 1.29 is 0 Å². The van der Waals surface area contributed by atoms with Gasteiger partial charge < -0.3 is 4.90 Å². The molecule has 0 aliphatic carbocycles. The Labute approximate surface area is 180 Å². The summed E-state index contributed by atoms with van der Waals surface area (Å²) in [6, 6.07) is 9.91. The molecule has 30 heavy (non-hydrogen) atoms. The molecule has 1 saturated heterocycles. The highest BCUT2D eigenvalue weighted by Gasteiger charge is 2.23. The maximum absolute atomic E-state index is 6.89. The Morgan fingerprint density at radius 3 is 2.50 bits per heavy atom. The molecular weight excluding hydrogens is 398 g/mol. The minimum atomic E-state index is 0.585. The SMILES string of the molecule is CN1CCN(CCn2nc(C3=NC=CC3)c3c(Cl)c(-c4ccccc4)nnc32)CC1. The van der Waals surface area contributed by atoms with Crippen LogP contribution in [0.15, 0.2) is 47.6 Å². The average molecular weight is 422 g/mol. The molecule has 1 fully saturated rings. The van der Waals surface area contributed by atoms with Gasteiger partial charge in [-0.05, 0) is 7.05 Å². The molecule has 8 heteroatoms. The van der Waals surface area contributed by atoms with E-state index in [9.17, 15) is 0 Å². The van der Waals surface area contributed by atoms with Crippen LogP contribution in [0.5, 0.6) is 0 Å². The van der Waals surface area contributed by atoms with Crippen molar-refractivity contribution >= 4 is 28.3 Å². The number of hydrogen-bond donors (Lipinski definition) is 0. The van der Waals surface area contributed by atoms with Crippen LogP contribution in [0.3, 0.4) is 0 Å². The Morgan fingerprint density at radius 2 is 1.77 bits per heavy atom. The Morgan fingerprint density at radius 1 is 0.967 bits per heavy atom. The molecule has 0 N–H and O–H groups in total. The number of rotatable bonds is 5. The van der Waals surface area contributed by atoms with E-state index >= 15 is 0 Å². The van der Waals surface area contributed by atoms with Crippen LogP contribution < -0.4 is 0 Å². The fourth-order valence-electron chi connectivity index (χ4n) is 3.98. The van der Waals surface area contributed by atoms with Crippen LogP contribution in [0, 0.1) is 0 Å². The van der Waals surface area contributed by atoms with Gasteiger partial charge in [0, 0.05) is 50.9 Å². The second-order valence-corrected chi connectivity index (χ2v) is 8.19. The van der Waals surface area contributed by atoms with Gasteiger partial charge in [0.2, 0.25) is 0 Å². The molecule has 154 valence electrons. The third kappa shape index (κ3) is 3.64. The van der Waals surface area contributed by atoms with Crippen molar-refractivity contribution in [3.8, 4) is 11.3 Å². The second-order valence-electron chi connectivity index (χ2n) is 7.81. The minimum Gasteiger partial charge on any atom is -0.304 e. The van der Waals surface area contributed by atoms with Crippen molar-refractivity contribution in [1.29, 1.82) is 0 Å². The van der Waals surface area contributed by atoms with Gasteiger partial charge in [0.05, 0.1) is 22.7 Å². The molecule has 3 aromatic rings. The van der Waals surface area contributed by atoms with Gasteiger partial charge in [0.15, 0.2) is 5.65 Å². The monoisotopic (exact) mass is 421 g/mol. The van der Waals surface area contributed by atoms with E-state index in [4.69, 9.17) is 16.7 Å². The lowest BCUT2D eigenvalue weighted by Gasteiger charge is -2.32. The summed E-state index contributed by atoms with van der Waals surface area (Å²) in [5, 5.41) is 15.3. The quantitative estimate of drug-likeness (QED) is 0.633. The molecule has 0 atom stereocenters. The van der Waals surface area contributed by atoms with Crippen molar-refractivity contribution in [3.63, 3.8) is 0 Å². The van der Waals surface area contributed by atoms with Gasteiger partial charge >= 0.3 is 0 Å². The maximum Gasteiger partial charge on any atom is 0.182 e. The topological polar surface area (TPSA) is 62.4 Å². The molecule has 2 aliphatic heterocycles. The predicted octanol–water partition coefficient (Wildman–Crippen LogP) is 3.10. The number of allylic oxidation sites excluding steroid dienone is 1. The van der Waals surface area contributed by atoms with Crippen LogP contribution in [0.2, 0.25) is 5.02 Å². The first-order chi connectivity index (χ1) is 14.7. The van der Waals surface area contributed by atoms with Gasteiger partial charge in [0.25, 0.3) is 0 Å². The molecule has 7 nitrogen and oxygen atoms in total. The highest BCUT2D eigenvalue weighted by Crippen LogP contribution is 2.34. The summed E-state index contributed by atoms with van der Waals surface area (Å²) in [5.41, 5.74) is 4.08. The summed E-state index contributed by atoms with van der Waals surface area (Å²) in [6.07, 6.45) is 4.61. The zero-order chi connectivity index (χ0) is 20.5.